The van der Waals surface area contributed by atoms with E-state index in [2.05, 4.69) is 23.8 Å². The Labute approximate surface area is 116 Å². The van der Waals surface area contributed by atoms with Crippen LogP contribution in [-0.2, 0) is 9.59 Å². The van der Waals surface area contributed by atoms with Crippen LogP contribution in [0.2, 0.25) is 0 Å². The van der Waals surface area contributed by atoms with Gasteiger partial charge >= 0.3 is 0 Å². The third-order valence-corrected chi connectivity index (χ3v) is 3.33. The molecule has 0 rings (SSSR count). The zero-order valence-corrected chi connectivity index (χ0v) is 12.2. The van der Waals surface area contributed by atoms with Crippen LogP contribution < -0.4 is 0 Å². The van der Waals surface area contributed by atoms with Gasteiger partial charge in [0.1, 0.15) is 0 Å². The van der Waals surface area contributed by atoms with Crippen LogP contribution in [0.15, 0.2) is 9.98 Å². The lowest BCUT2D eigenvalue weighted by Crippen LogP contribution is -2.08. The molecule has 0 aromatic rings. The number of isocyanates is 2. The van der Waals surface area contributed by atoms with Crippen LogP contribution >= 0.6 is 0 Å². The fourth-order valence-corrected chi connectivity index (χ4v) is 2.16. The normalized spacial score (nSPS) is 13.2. The molecule has 4 nitrogen and oxygen atoms in total. The Balaban J connectivity index is 4.04. The van der Waals surface area contributed by atoms with Gasteiger partial charge in [0.15, 0.2) is 0 Å². The molecule has 19 heavy (non-hydrogen) atoms. The Bertz CT molecular complexity index is 275. The number of unbranched alkanes of at least 4 members (excludes halogenated alkanes) is 2. The second kappa shape index (κ2) is 13.2. The largest absolute Gasteiger partial charge is 0.235 e. The fourth-order valence-electron chi connectivity index (χ4n) is 2.16. The molecule has 0 saturated carbocycles. The van der Waals surface area contributed by atoms with Crippen LogP contribution in [0.4, 0.5) is 0 Å². The molecule has 2 unspecified atom stereocenters. The Hall–Kier alpha value is -1.24. The van der Waals surface area contributed by atoms with Crippen molar-refractivity contribution in [3.63, 3.8) is 0 Å². The van der Waals surface area contributed by atoms with Gasteiger partial charge in [0.25, 0.3) is 0 Å². The molecule has 0 amide bonds. The topological polar surface area (TPSA) is 58.9 Å². The van der Waals surface area contributed by atoms with Crippen LogP contribution in [0, 0.1) is 0 Å². The van der Waals surface area contributed by atoms with Gasteiger partial charge in [-0.2, -0.15) is 0 Å². The first-order valence-corrected chi connectivity index (χ1v) is 7.42. The predicted molar refractivity (Wildman–Crippen MR) is 76.7 cm³/mol. The van der Waals surface area contributed by atoms with Crippen molar-refractivity contribution in [1.29, 1.82) is 0 Å². The van der Waals surface area contributed by atoms with Gasteiger partial charge in [-0.05, 0) is 32.1 Å². The van der Waals surface area contributed by atoms with Gasteiger partial charge in [0.05, 0.1) is 12.1 Å². The van der Waals surface area contributed by atoms with E-state index in [1.165, 1.54) is 0 Å². The van der Waals surface area contributed by atoms with E-state index in [0.717, 1.165) is 57.8 Å². The highest BCUT2D eigenvalue weighted by Gasteiger charge is 2.10. The fraction of sp³-hybridized carbons (Fsp3) is 0.867. The average molecular weight is 266 g/mol. The summed E-state index contributed by atoms with van der Waals surface area (Å²) >= 11 is 0. The molecule has 0 saturated heterocycles. The summed E-state index contributed by atoms with van der Waals surface area (Å²) in [6, 6.07) is 0.175. The van der Waals surface area contributed by atoms with Gasteiger partial charge in [0.2, 0.25) is 12.2 Å². The van der Waals surface area contributed by atoms with Crippen LogP contribution in [0.5, 0.6) is 0 Å². The monoisotopic (exact) mass is 266 g/mol. The van der Waals surface area contributed by atoms with Crippen molar-refractivity contribution < 1.29 is 9.59 Å². The summed E-state index contributed by atoms with van der Waals surface area (Å²) in [5.41, 5.74) is 0. The maximum atomic E-state index is 10.4. The molecule has 108 valence electrons. The van der Waals surface area contributed by atoms with Gasteiger partial charge in [-0.1, -0.05) is 39.5 Å². The summed E-state index contributed by atoms with van der Waals surface area (Å²) in [5, 5.41) is 0. The molecule has 0 fully saturated rings. The SMILES string of the molecule is CCCCC(CCCC(CCCC)N=C=O)N=C=O. The minimum absolute atomic E-state index is 0.0875. The van der Waals surface area contributed by atoms with Crippen LogP contribution in [-0.4, -0.2) is 24.2 Å². The van der Waals surface area contributed by atoms with Crippen LogP contribution in [0.3, 0.4) is 0 Å². The first-order valence-electron chi connectivity index (χ1n) is 7.42. The van der Waals surface area contributed by atoms with Crippen LogP contribution in [0.1, 0.15) is 71.6 Å². The highest BCUT2D eigenvalue weighted by atomic mass is 16.1. The molecule has 0 spiro atoms. The Morgan fingerprint density at radius 3 is 1.42 bits per heavy atom. The Morgan fingerprint density at radius 2 is 1.11 bits per heavy atom. The smallest absolute Gasteiger partial charge is 0.211 e. The molecular formula is C15H26N2O2. The van der Waals surface area contributed by atoms with Gasteiger partial charge in [-0.3, -0.25) is 0 Å². The lowest BCUT2D eigenvalue weighted by molar-refractivity contribution is 0.463. The van der Waals surface area contributed by atoms with Crippen molar-refractivity contribution in [3.8, 4) is 0 Å². The summed E-state index contributed by atoms with van der Waals surface area (Å²) < 4.78 is 0. The van der Waals surface area contributed by atoms with E-state index < -0.39 is 0 Å². The Morgan fingerprint density at radius 1 is 0.737 bits per heavy atom. The summed E-state index contributed by atoms with van der Waals surface area (Å²) in [4.78, 5) is 28.4. The third kappa shape index (κ3) is 10.4. The number of hydrogen-bond acceptors (Lipinski definition) is 4. The molecule has 0 aliphatic carbocycles. The lowest BCUT2D eigenvalue weighted by Gasteiger charge is -2.12. The molecule has 4 heteroatoms. The van der Waals surface area contributed by atoms with Gasteiger partial charge in [-0.15, -0.1) is 0 Å². The molecule has 0 bridgehead atoms. The van der Waals surface area contributed by atoms with E-state index in [1.807, 2.05) is 0 Å². The standard InChI is InChI=1S/C15H26N2O2/c1-3-5-8-14(16-12-18)10-7-11-15(17-13-19)9-6-4-2/h14-15H,3-11H2,1-2H3. The van der Waals surface area contributed by atoms with Crippen molar-refractivity contribution in [2.24, 2.45) is 9.98 Å². The maximum Gasteiger partial charge on any atom is 0.235 e. The molecule has 0 heterocycles. The zero-order valence-electron chi connectivity index (χ0n) is 12.2. The summed E-state index contributed by atoms with van der Waals surface area (Å²) in [6.45, 7) is 4.25. The van der Waals surface area contributed by atoms with E-state index in [9.17, 15) is 9.59 Å². The Kier molecular flexibility index (Phi) is 12.3. The summed E-state index contributed by atoms with van der Waals surface area (Å²) in [5.74, 6) is 0. The second-order valence-electron chi connectivity index (χ2n) is 4.96. The molecule has 0 radical (unpaired) electrons. The van der Waals surface area contributed by atoms with E-state index in [0.29, 0.717) is 0 Å². The predicted octanol–water partition coefficient (Wildman–Crippen LogP) is 3.95. The lowest BCUT2D eigenvalue weighted by atomic mass is 9.99. The maximum absolute atomic E-state index is 10.4. The second-order valence-corrected chi connectivity index (χ2v) is 4.96. The van der Waals surface area contributed by atoms with E-state index >= 15 is 0 Å². The van der Waals surface area contributed by atoms with Gasteiger partial charge in [0, 0.05) is 0 Å². The first-order chi connectivity index (χ1) is 9.28. The highest BCUT2D eigenvalue weighted by Crippen LogP contribution is 2.16. The van der Waals surface area contributed by atoms with E-state index in [1.54, 1.807) is 12.2 Å². The molecule has 0 aliphatic rings. The number of nitrogens with zero attached hydrogens (tertiary/aromatic N) is 2. The van der Waals surface area contributed by atoms with Crippen molar-refractivity contribution in [2.75, 3.05) is 0 Å². The number of aliphatic imine (C=N–C) groups is 2. The van der Waals surface area contributed by atoms with Crippen molar-refractivity contribution in [1.82, 2.24) is 0 Å². The molecule has 2 atom stereocenters. The molecular weight excluding hydrogens is 240 g/mol. The molecule has 0 aliphatic heterocycles. The number of carbonyl (C=O) groups excluding carboxylic acids is 2. The first kappa shape index (κ1) is 17.8. The number of hydrogen-bond donors (Lipinski definition) is 0. The van der Waals surface area contributed by atoms with Gasteiger partial charge < -0.3 is 0 Å². The van der Waals surface area contributed by atoms with E-state index in [-0.39, 0.29) is 12.1 Å². The minimum Gasteiger partial charge on any atom is -0.211 e. The molecule has 0 aromatic carbocycles. The molecule has 0 N–H and O–H groups in total. The zero-order chi connectivity index (χ0) is 14.3. The minimum atomic E-state index is 0.0875. The van der Waals surface area contributed by atoms with Crippen LogP contribution in [0.25, 0.3) is 0 Å². The van der Waals surface area contributed by atoms with E-state index in [4.69, 9.17) is 0 Å². The highest BCUT2D eigenvalue weighted by molar-refractivity contribution is 5.33. The average Bonchev–Trinajstić information content (AvgIpc) is 2.42. The molecule has 0 aromatic heterocycles. The summed E-state index contributed by atoms with van der Waals surface area (Å²) in [7, 11) is 0. The third-order valence-electron chi connectivity index (χ3n) is 3.33. The van der Waals surface area contributed by atoms with Crippen molar-refractivity contribution >= 4 is 12.2 Å². The van der Waals surface area contributed by atoms with Gasteiger partial charge in [-0.25, -0.2) is 19.6 Å². The number of rotatable bonds is 12. The van der Waals surface area contributed by atoms with Crippen molar-refractivity contribution in [2.45, 2.75) is 83.7 Å². The van der Waals surface area contributed by atoms with Crippen molar-refractivity contribution in [3.05, 3.63) is 0 Å². The summed E-state index contributed by atoms with van der Waals surface area (Å²) in [6.07, 6.45) is 12.3. The quantitative estimate of drug-likeness (QED) is 0.396.